The van der Waals surface area contributed by atoms with Crippen LogP contribution in [0.15, 0.2) is 31.0 Å². The summed E-state index contributed by atoms with van der Waals surface area (Å²) in [5.74, 6) is 0.812. The molecule has 0 unspecified atom stereocenters. The van der Waals surface area contributed by atoms with Crippen LogP contribution in [0.5, 0.6) is 0 Å². The number of amides is 1. The lowest BCUT2D eigenvalue weighted by Crippen LogP contribution is -2.36. The molecule has 1 amide bonds. The topological polar surface area (TPSA) is 75.9 Å². The van der Waals surface area contributed by atoms with Crippen molar-refractivity contribution in [1.29, 1.82) is 0 Å². The third-order valence-electron chi connectivity index (χ3n) is 5.15. The third-order valence-corrected chi connectivity index (χ3v) is 5.15. The summed E-state index contributed by atoms with van der Waals surface area (Å²) < 4.78 is 1.68. The molecule has 1 atom stereocenters. The number of hydrogen-bond donors (Lipinski definition) is 1. The van der Waals surface area contributed by atoms with Crippen LogP contribution in [0, 0.1) is 5.92 Å². The second-order valence-corrected chi connectivity index (χ2v) is 7.13. The van der Waals surface area contributed by atoms with Gasteiger partial charge < -0.3 is 10.2 Å². The summed E-state index contributed by atoms with van der Waals surface area (Å²) in [6.45, 7) is 2.91. The number of carbonyl (C=O) groups is 1. The molecule has 0 bridgehead atoms. The van der Waals surface area contributed by atoms with Crippen LogP contribution in [0.3, 0.4) is 0 Å². The monoisotopic (exact) mass is 356 g/mol. The fourth-order valence-electron chi connectivity index (χ4n) is 3.57. The molecule has 1 aliphatic carbocycles. The number of rotatable bonds is 7. The molecule has 2 heterocycles. The van der Waals surface area contributed by atoms with E-state index in [0.717, 1.165) is 11.4 Å². The Morgan fingerprint density at radius 2 is 2.19 bits per heavy atom. The van der Waals surface area contributed by atoms with E-state index in [2.05, 4.69) is 32.3 Å². The lowest BCUT2D eigenvalue weighted by molar-refractivity contribution is -0.125. The Bertz CT molecular complexity index is 696. The number of carbonyl (C=O) groups excluding carboxylic acids is 1. The average molecular weight is 356 g/mol. The van der Waals surface area contributed by atoms with E-state index in [1.165, 1.54) is 38.4 Å². The highest BCUT2D eigenvalue weighted by Crippen LogP contribution is 2.26. The molecular formula is C19H28N6O. The predicted molar refractivity (Wildman–Crippen MR) is 101 cm³/mol. The molecule has 0 aromatic carbocycles. The van der Waals surface area contributed by atoms with Gasteiger partial charge in [0.25, 0.3) is 0 Å². The summed E-state index contributed by atoms with van der Waals surface area (Å²) in [6.07, 6.45) is 11.3. The first kappa shape index (κ1) is 18.4. The first-order valence-corrected chi connectivity index (χ1v) is 9.42. The number of anilines is 1. The van der Waals surface area contributed by atoms with Crippen LogP contribution in [-0.2, 0) is 17.9 Å². The van der Waals surface area contributed by atoms with Crippen LogP contribution in [-0.4, -0.2) is 38.7 Å². The van der Waals surface area contributed by atoms with Gasteiger partial charge >= 0.3 is 0 Å². The van der Waals surface area contributed by atoms with Crippen molar-refractivity contribution in [2.75, 3.05) is 11.9 Å². The zero-order valence-corrected chi connectivity index (χ0v) is 15.6. The Kier molecular flexibility index (Phi) is 6.20. The van der Waals surface area contributed by atoms with E-state index in [4.69, 9.17) is 0 Å². The molecule has 26 heavy (non-hydrogen) atoms. The van der Waals surface area contributed by atoms with Crippen molar-refractivity contribution in [2.45, 2.75) is 58.2 Å². The van der Waals surface area contributed by atoms with Crippen molar-refractivity contribution in [1.82, 2.24) is 25.1 Å². The van der Waals surface area contributed by atoms with E-state index in [1.807, 2.05) is 25.3 Å². The quantitative estimate of drug-likeness (QED) is 0.824. The Balaban J connectivity index is 1.60. The van der Waals surface area contributed by atoms with E-state index >= 15 is 0 Å². The molecule has 140 valence electrons. The molecule has 1 aliphatic rings. The van der Waals surface area contributed by atoms with Gasteiger partial charge in [0.1, 0.15) is 18.5 Å². The smallest absolute Gasteiger partial charge is 0.224 e. The van der Waals surface area contributed by atoms with E-state index in [1.54, 1.807) is 11.0 Å². The summed E-state index contributed by atoms with van der Waals surface area (Å²) in [6, 6.07) is 4.52. The molecule has 0 aliphatic heterocycles. The molecular weight excluding hydrogens is 328 g/mol. The van der Waals surface area contributed by atoms with Crippen molar-refractivity contribution in [3.05, 3.63) is 36.5 Å². The number of nitrogens with one attached hydrogen (secondary N) is 1. The average Bonchev–Trinajstić information content (AvgIpc) is 3.19. The summed E-state index contributed by atoms with van der Waals surface area (Å²) >= 11 is 0. The SMILES string of the molecule is C[C@H](Cn1cncn1)C(=O)NCc1cccnc1N(C)C1CCCCC1. The van der Waals surface area contributed by atoms with Gasteiger partial charge in [-0.05, 0) is 18.9 Å². The van der Waals surface area contributed by atoms with Gasteiger partial charge in [-0.1, -0.05) is 32.3 Å². The number of hydrogen-bond acceptors (Lipinski definition) is 5. The van der Waals surface area contributed by atoms with Crippen molar-refractivity contribution < 1.29 is 4.79 Å². The molecule has 2 aromatic rings. The number of aromatic nitrogens is 4. The minimum atomic E-state index is -0.173. The van der Waals surface area contributed by atoms with Crippen LogP contribution < -0.4 is 10.2 Å². The third kappa shape index (κ3) is 4.59. The maximum Gasteiger partial charge on any atom is 0.224 e. The molecule has 7 heteroatoms. The summed E-state index contributed by atoms with van der Waals surface area (Å²) in [5, 5.41) is 7.10. The lowest BCUT2D eigenvalue weighted by atomic mass is 9.94. The molecule has 1 saturated carbocycles. The minimum Gasteiger partial charge on any atom is -0.356 e. The standard InChI is InChI=1S/C19H28N6O/c1-15(12-25-14-20-13-23-25)19(26)22-11-16-7-6-10-21-18(16)24(2)17-8-4-3-5-9-17/h6-7,10,13-15,17H,3-5,8-9,11-12H2,1-2H3,(H,22,26)/t15-/m1/s1. The van der Waals surface area contributed by atoms with Crippen molar-refractivity contribution >= 4 is 11.7 Å². The maximum absolute atomic E-state index is 12.4. The second kappa shape index (κ2) is 8.78. The van der Waals surface area contributed by atoms with Crippen LogP contribution >= 0.6 is 0 Å². The van der Waals surface area contributed by atoms with Gasteiger partial charge in [0, 0.05) is 31.4 Å². The highest BCUT2D eigenvalue weighted by atomic mass is 16.1. The van der Waals surface area contributed by atoms with E-state index < -0.39 is 0 Å². The zero-order chi connectivity index (χ0) is 18.4. The van der Waals surface area contributed by atoms with Crippen LogP contribution in [0.2, 0.25) is 0 Å². The fraction of sp³-hybridized carbons (Fsp3) is 0.579. The normalized spacial score (nSPS) is 16.2. The summed E-state index contributed by atoms with van der Waals surface area (Å²) in [7, 11) is 2.12. The lowest BCUT2D eigenvalue weighted by Gasteiger charge is -2.33. The zero-order valence-electron chi connectivity index (χ0n) is 15.6. The molecule has 1 N–H and O–H groups in total. The van der Waals surface area contributed by atoms with E-state index in [9.17, 15) is 4.79 Å². The second-order valence-electron chi connectivity index (χ2n) is 7.13. The van der Waals surface area contributed by atoms with Crippen molar-refractivity contribution in [3.8, 4) is 0 Å². The Hall–Kier alpha value is -2.44. The molecule has 2 aromatic heterocycles. The summed E-state index contributed by atoms with van der Waals surface area (Å²) in [4.78, 5) is 23.2. The molecule has 0 spiro atoms. The Morgan fingerprint density at radius 1 is 1.38 bits per heavy atom. The van der Waals surface area contributed by atoms with Crippen molar-refractivity contribution in [2.24, 2.45) is 5.92 Å². The number of nitrogens with zero attached hydrogens (tertiary/aromatic N) is 5. The van der Waals surface area contributed by atoms with Gasteiger partial charge in [-0.15, -0.1) is 0 Å². The first-order valence-electron chi connectivity index (χ1n) is 9.42. The first-order chi connectivity index (χ1) is 12.6. The van der Waals surface area contributed by atoms with Crippen molar-refractivity contribution in [3.63, 3.8) is 0 Å². The molecule has 7 nitrogen and oxygen atoms in total. The molecule has 3 rings (SSSR count). The van der Waals surface area contributed by atoms with Gasteiger partial charge in [0.15, 0.2) is 0 Å². The summed E-state index contributed by atoms with van der Waals surface area (Å²) in [5.41, 5.74) is 1.06. The molecule has 0 saturated heterocycles. The maximum atomic E-state index is 12.4. The van der Waals surface area contributed by atoms with Crippen LogP contribution in [0.4, 0.5) is 5.82 Å². The molecule has 1 fully saturated rings. The van der Waals surface area contributed by atoms with E-state index in [0.29, 0.717) is 19.1 Å². The fourth-order valence-corrected chi connectivity index (χ4v) is 3.57. The highest BCUT2D eigenvalue weighted by molar-refractivity contribution is 5.78. The van der Waals surface area contributed by atoms with Crippen LogP contribution in [0.25, 0.3) is 0 Å². The van der Waals surface area contributed by atoms with E-state index in [-0.39, 0.29) is 11.8 Å². The Labute approximate surface area is 154 Å². The van der Waals surface area contributed by atoms with Gasteiger partial charge in [0.2, 0.25) is 5.91 Å². The number of pyridine rings is 1. The molecule has 0 radical (unpaired) electrons. The highest BCUT2D eigenvalue weighted by Gasteiger charge is 2.21. The Morgan fingerprint density at radius 3 is 2.92 bits per heavy atom. The van der Waals surface area contributed by atoms with Gasteiger partial charge in [-0.2, -0.15) is 5.10 Å². The minimum absolute atomic E-state index is 0.00984. The predicted octanol–water partition coefficient (Wildman–Crippen LogP) is 2.39. The van der Waals surface area contributed by atoms with Gasteiger partial charge in [-0.3, -0.25) is 9.48 Å². The van der Waals surface area contributed by atoms with Gasteiger partial charge in [0.05, 0.1) is 12.5 Å². The largest absolute Gasteiger partial charge is 0.356 e. The van der Waals surface area contributed by atoms with Gasteiger partial charge in [-0.25, -0.2) is 9.97 Å². The van der Waals surface area contributed by atoms with Crippen LogP contribution in [0.1, 0.15) is 44.6 Å².